The highest BCUT2D eigenvalue weighted by atomic mass is 16.5. The van der Waals surface area contributed by atoms with Crippen LogP contribution in [0.3, 0.4) is 0 Å². The van der Waals surface area contributed by atoms with Gasteiger partial charge in [0.05, 0.1) is 13.7 Å². The second kappa shape index (κ2) is 17.0. The molecule has 6 aromatic rings. The molecule has 2 N–H and O–H groups in total. The van der Waals surface area contributed by atoms with Crippen molar-refractivity contribution in [2.75, 3.05) is 25.6 Å². The van der Waals surface area contributed by atoms with E-state index in [1.165, 1.54) is 4.90 Å². The number of aromatic nitrogens is 1. The number of carbonyl (C=O) groups is 3. The molecular formula is C46H42N4O6. The molecule has 1 aliphatic heterocycles. The first-order chi connectivity index (χ1) is 27.4. The zero-order valence-electron chi connectivity index (χ0n) is 31.2. The van der Waals surface area contributed by atoms with Crippen molar-refractivity contribution in [2.24, 2.45) is 0 Å². The van der Waals surface area contributed by atoms with Gasteiger partial charge in [0.1, 0.15) is 35.5 Å². The van der Waals surface area contributed by atoms with Crippen LogP contribution < -0.4 is 15.4 Å². The minimum atomic E-state index is -0.881. The van der Waals surface area contributed by atoms with Gasteiger partial charge in [-0.3, -0.25) is 4.79 Å². The Morgan fingerprint density at radius 2 is 1.41 bits per heavy atom. The summed E-state index contributed by atoms with van der Waals surface area (Å²) in [7, 11) is 1.55. The van der Waals surface area contributed by atoms with Crippen molar-refractivity contribution in [3.05, 3.63) is 179 Å². The summed E-state index contributed by atoms with van der Waals surface area (Å²) in [6.45, 7) is 2.05. The molecule has 1 atom stereocenters. The Morgan fingerprint density at radius 3 is 1.98 bits per heavy atom. The van der Waals surface area contributed by atoms with Crippen molar-refractivity contribution < 1.29 is 28.6 Å². The van der Waals surface area contributed by atoms with E-state index < -0.39 is 29.6 Å². The average molecular weight is 747 g/mol. The van der Waals surface area contributed by atoms with Gasteiger partial charge in [0.25, 0.3) is 0 Å². The molecule has 0 spiro atoms. The first-order valence-electron chi connectivity index (χ1n) is 18.5. The maximum Gasteiger partial charge on any atom is 0.408 e. The molecule has 0 bridgehead atoms. The van der Waals surface area contributed by atoms with Crippen molar-refractivity contribution in [3.8, 4) is 5.75 Å². The summed E-state index contributed by atoms with van der Waals surface area (Å²) in [5.41, 5.74) is 3.63. The molecule has 10 heteroatoms. The monoisotopic (exact) mass is 746 g/mol. The van der Waals surface area contributed by atoms with Crippen molar-refractivity contribution in [2.45, 2.75) is 31.5 Å². The van der Waals surface area contributed by atoms with Crippen LogP contribution >= 0.6 is 0 Å². The molecule has 1 fully saturated rings. The second-order valence-electron chi connectivity index (χ2n) is 13.2. The fourth-order valence-corrected chi connectivity index (χ4v) is 7.13. The van der Waals surface area contributed by atoms with Crippen LogP contribution in [0.1, 0.15) is 41.2 Å². The minimum Gasteiger partial charge on any atom is -0.496 e. The molecule has 10 nitrogen and oxygen atoms in total. The Kier molecular flexibility index (Phi) is 11.4. The second-order valence-corrected chi connectivity index (χ2v) is 13.2. The lowest BCUT2D eigenvalue weighted by Gasteiger charge is -2.37. The fourth-order valence-electron chi connectivity index (χ4n) is 7.13. The highest BCUT2D eigenvalue weighted by Gasteiger charge is 2.39. The summed E-state index contributed by atoms with van der Waals surface area (Å²) in [6, 6.07) is 44.8. The number of alkyl carbamates (subject to hydrolysis) is 1. The lowest BCUT2D eigenvalue weighted by Crippen LogP contribution is -2.42. The van der Waals surface area contributed by atoms with Crippen molar-refractivity contribution in [1.29, 1.82) is 0 Å². The number of nitrogens with one attached hydrogen (secondary N) is 2. The molecule has 0 saturated carbocycles. The van der Waals surface area contributed by atoms with Crippen LogP contribution in [0.5, 0.6) is 5.75 Å². The molecule has 1 saturated heterocycles. The van der Waals surface area contributed by atoms with E-state index >= 15 is 0 Å². The maximum atomic E-state index is 13.7. The van der Waals surface area contributed by atoms with Gasteiger partial charge in [-0.05, 0) is 65.3 Å². The van der Waals surface area contributed by atoms with Crippen LogP contribution in [0.25, 0.3) is 16.8 Å². The Hall–Kier alpha value is -6.94. The Labute approximate surface area is 325 Å². The third kappa shape index (κ3) is 7.81. The number of fused-ring (bicyclic) bond motifs is 1. The number of ether oxygens (including phenoxy) is 3. The number of nitrogens with zero attached hydrogens (tertiary/aromatic N) is 2. The number of hydrogen-bond acceptors (Lipinski definition) is 8. The summed E-state index contributed by atoms with van der Waals surface area (Å²) in [6.07, 6.45) is 2.89. The predicted octanol–water partition coefficient (Wildman–Crippen LogP) is 8.08. The van der Waals surface area contributed by atoms with Crippen LogP contribution in [0.4, 0.5) is 10.6 Å². The molecule has 0 unspecified atom stereocenters. The number of likely N-dealkylation sites (tertiary alicyclic amines) is 1. The number of carbonyl (C=O) groups excluding carboxylic acids is 3. The van der Waals surface area contributed by atoms with Gasteiger partial charge in [0.15, 0.2) is 0 Å². The molecule has 282 valence electrons. The third-order valence-electron chi connectivity index (χ3n) is 9.82. The highest BCUT2D eigenvalue weighted by Crippen LogP contribution is 2.42. The maximum absolute atomic E-state index is 13.7. The van der Waals surface area contributed by atoms with Gasteiger partial charge in [-0.15, -0.1) is 0 Å². The van der Waals surface area contributed by atoms with Gasteiger partial charge in [-0.25, -0.2) is 14.6 Å². The summed E-state index contributed by atoms with van der Waals surface area (Å²) in [4.78, 5) is 46.1. The Bertz CT molecular complexity index is 2240. The van der Waals surface area contributed by atoms with Gasteiger partial charge in [0, 0.05) is 23.7 Å². The summed E-state index contributed by atoms with van der Waals surface area (Å²) in [5.74, 6) is -0.0616. The number of esters is 1. The van der Waals surface area contributed by atoms with Gasteiger partial charge in [-0.2, -0.15) is 0 Å². The third-order valence-corrected chi connectivity index (χ3v) is 9.82. The number of pyridine rings is 1. The normalized spacial score (nSPS) is 14.3. The van der Waals surface area contributed by atoms with Gasteiger partial charge in [0.2, 0.25) is 5.91 Å². The van der Waals surface area contributed by atoms with Crippen LogP contribution in [-0.2, 0) is 31.2 Å². The molecule has 1 aromatic heterocycles. The van der Waals surface area contributed by atoms with Crippen LogP contribution in [-0.4, -0.2) is 54.2 Å². The number of benzene rings is 5. The summed E-state index contributed by atoms with van der Waals surface area (Å²) in [5, 5.41) is 8.12. The lowest BCUT2D eigenvalue weighted by atomic mass is 9.77. The van der Waals surface area contributed by atoms with Crippen LogP contribution in [0.15, 0.2) is 151 Å². The first-order valence-corrected chi connectivity index (χ1v) is 18.5. The van der Waals surface area contributed by atoms with Crippen molar-refractivity contribution in [1.82, 2.24) is 15.2 Å². The zero-order chi connectivity index (χ0) is 38.9. The van der Waals surface area contributed by atoms with Crippen molar-refractivity contribution >= 4 is 40.6 Å². The van der Waals surface area contributed by atoms with E-state index in [-0.39, 0.29) is 31.9 Å². The van der Waals surface area contributed by atoms with E-state index in [9.17, 15) is 14.4 Å². The molecule has 2 heterocycles. The summed E-state index contributed by atoms with van der Waals surface area (Å²) >= 11 is 0. The van der Waals surface area contributed by atoms with E-state index in [0.717, 1.165) is 33.0 Å². The molecule has 56 heavy (non-hydrogen) atoms. The van der Waals surface area contributed by atoms with Crippen LogP contribution in [0.2, 0.25) is 0 Å². The molecule has 2 amide bonds. The largest absolute Gasteiger partial charge is 0.496 e. The average Bonchev–Trinajstić information content (AvgIpc) is 3.60. The van der Waals surface area contributed by atoms with Crippen LogP contribution in [0, 0.1) is 0 Å². The first kappa shape index (κ1) is 37.4. The van der Waals surface area contributed by atoms with Gasteiger partial charge < -0.3 is 29.7 Å². The molecule has 1 aliphatic rings. The minimum absolute atomic E-state index is 0.0279. The van der Waals surface area contributed by atoms with E-state index in [4.69, 9.17) is 19.2 Å². The van der Waals surface area contributed by atoms with E-state index in [1.807, 2.05) is 103 Å². The van der Waals surface area contributed by atoms with Crippen molar-refractivity contribution in [3.63, 3.8) is 0 Å². The smallest absolute Gasteiger partial charge is 0.408 e. The molecular weight excluding hydrogens is 705 g/mol. The molecule has 5 aromatic carbocycles. The predicted molar refractivity (Wildman–Crippen MR) is 216 cm³/mol. The summed E-state index contributed by atoms with van der Waals surface area (Å²) < 4.78 is 16.7. The fraction of sp³-hybridized carbons (Fsp3) is 0.174. The molecule has 0 aliphatic carbocycles. The molecule has 7 rings (SSSR count). The lowest BCUT2D eigenvalue weighted by molar-refractivity contribution is -0.143. The SMILES string of the molecule is CCOC(=O)/C(=C/c1cc2ccnc(NC(c3ccccc3)(c3ccccc3)c3ccccc3)c2cc1OC)N1CC[C@H](NC(=O)OCc2ccccc2)C1=O. The van der Waals surface area contributed by atoms with Gasteiger partial charge >= 0.3 is 12.1 Å². The zero-order valence-corrected chi connectivity index (χ0v) is 31.2. The number of anilines is 1. The quantitative estimate of drug-likeness (QED) is 0.0692. The van der Waals surface area contributed by atoms with Gasteiger partial charge in [-0.1, -0.05) is 121 Å². The van der Waals surface area contributed by atoms with E-state index in [2.05, 4.69) is 47.0 Å². The molecule has 0 radical (unpaired) electrons. The number of amides is 2. The number of rotatable bonds is 13. The highest BCUT2D eigenvalue weighted by molar-refractivity contribution is 6.02. The topological polar surface area (TPSA) is 119 Å². The Morgan fingerprint density at radius 1 is 0.821 bits per heavy atom. The standard InChI is InChI=1S/C46H42N4O6/c1-3-55-44(52)40(50-27-25-39(43(50)51)48-45(53)56-31-32-16-8-4-9-17-32)29-34-28-33-24-26-47-42(38(33)30-41(34)54-2)49-46(35-18-10-5-11-19-35,36-20-12-6-13-21-36)37-22-14-7-15-23-37/h4-24,26,28-30,39H,3,25,27,31H2,1-2H3,(H,47,49)(H,48,53)/b40-29-/t39-/m0/s1. The number of hydrogen-bond donors (Lipinski definition) is 2. The Balaban J connectivity index is 1.24. The van der Waals surface area contributed by atoms with E-state index in [1.54, 1.807) is 26.3 Å². The van der Waals surface area contributed by atoms with E-state index in [0.29, 0.717) is 17.1 Å². The number of methoxy groups -OCH3 is 1.